The van der Waals surface area contributed by atoms with Crippen molar-refractivity contribution in [2.45, 2.75) is 89.9 Å². The van der Waals surface area contributed by atoms with Gasteiger partial charge in [0.2, 0.25) is 0 Å². The first kappa shape index (κ1) is 31.4. The smallest absolute Gasteiger partial charge is 0.410 e. The van der Waals surface area contributed by atoms with Crippen LogP contribution >= 0.6 is 0 Å². The van der Waals surface area contributed by atoms with E-state index in [1.54, 1.807) is 11.8 Å². The van der Waals surface area contributed by atoms with Crippen LogP contribution in [0.25, 0.3) is 11.2 Å². The van der Waals surface area contributed by atoms with Crippen LogP contribution in [-0.4, -0.2) is 103 Å². The number of piperidine rings is 1. The zero-order valence-electron chi connectivity index (χ0n) is 24.4. The summed E-state index contributed by atoms with van der Waals surface area (Å²) in [4.78, 5) is 51.2. The number of hydrogen-bond acceptors (Lipinski definition) is 11. The van der Waals surface area contributed by atoms with Crippen molar-refractivity contribution in [3.63, 3.8) is 0 Å². The number of likely N-dealkylation sites (tertiary alicyclic amines) is 1. The molecule has 2 unspecified atom stereocenters. The molecule has 3 amide bonds. The lowest BCUT2D eigenvalue weighted by Crippen LogP contribution is -2.42. The number of nitrogens with one attached hydrogen (secondary N) is 2. The molecule has 6 N–H and O–H groups in total. The number of hydrogen-bond donors (Lipinski definition) is 5. The van der Waals surface area contributed by atoms with Crippen molar-refractivity contribution in [2.75, 3.05) is 31.9 Å². The number of imidazole rings is 1. The number of aryl methyl sites for hydroxylation is 1. The van der Waals surface area contributed by atoms with Gasteiger partial charge in [0.1, 0.15) is 23.5 Å². The molecule has 5 heterocycles. The van der Waals surface area contributed by atoms with E-state index in [0.29, 0.717) is 61.9 Å². The number of carbonyl (C=O) groups is 3. The molecule has 5 atom stereocenters. The summed E-state index contributed by atoms with van der Waals surface area (Å²) < 4.78 is 12.5. The summed E-state index contributed by atoms with van der Waals surface area (Å²) in [5.41, 5.74) is 6.84. The van der Waals surface area contributed by atoms with Gasteiger partial charge in [0, 0.05) is 39.0 Å². The fourth-order valence-corrected chi connectivity index (χ4v) is 5.50. The van der Waals surface area contributed by atoms with Crippen LogP contribution in [0.5, 0.6) is 0 Å². The highest BCUT2D eigenvalue weighted by Gasteiger charge is 2.47. The predicted molar refractivity (Wildman–Crippen MR) is 151 cm³/mol. The van der Waals surface area contributed by atoms with E-state index in [1.165, 1.54) is 10.9 Å². The van der Waals surface area contributed by atoms with Gasteiger partial charge in [-0.05, 0) is 38.5 Å². The molecule has 0 spiro atoms. The van der Waals surface area contributed by atoms with Crippen molar-refractivity contribution < 1.29 is 34.1 Å². The van der Waals surface area contributed by atoms with Gasteiger partial charge in [-0.3, -0.25) is 14.2 Å². The lowest BCUT2D eigenvalue weighted by atomic mass is 9.91. The van der Waals surface area contributed by atoms with Gasteiger partial charge in [-0.25, -0.2) is 19.7 Å². The number of anilines is 1. The molecule has 42 heavy (non-hydrogen) atoms. The molecule has 0 aliphatic carbocycles. The second kappa shape index (κ2) is 14.1. The number of ether oxygens (including phenoxy) is 2. The monoisotopic (exact) mass is 590 g/mol. The Morgan fingerprint density at radius 2 is 1.93 bits per heavy atom. The zero-order valence-corrected chi connectivity index (χ0v) is 24.4. The van der Waals surface area contributed by atoms with Crippen LogP contribution in [-0.2, 0) is 25.5 Å². The van der Waals surface area contributed by atoms with Crippen molar-refractivity contribution in [3.05, 3.63) is 12.2 Å². The molecule has 2 aromatic rings. The molecule has 15 heteroatoms. The van der Waals surface area contributed by atoms with E-state index in [1.807, 2.05) is 13.8 Å². The molecule has 0 aromatic carbocycles. The Labute approximate surface area is 244 Å². The third kappa shape index (κ3) is 6.73. The van der Waals surface area contributed by atoms with Crippen LogP contribution in [0.2, 0.25) is 0 Å². The molecular formula is C27H42N8O7. The van der Waals surface area contributed by atoms with E-state index in [0.717, 1.165) is 25.7 Å². The molecule has 232 valence electrons. The van der Waals surface area contributed by atoms with Crippen LogP contribution in [0.4, 0.5) is 10.6 Å². The molecule has 15 nitrogen and oxygen atoms in total. The summed E-state index contributed by atoms with van der Waals surface area (Å²) in [6.45, 7) is 7.80. The fourth-order valence-electron chi connectivity index (χ4n) is 5.50. The Kier molecular flexibility index (Phi) is 10.5. The Morgan fingerprint density at radius 1 is 1.19 bits per heavy atom. The molecule has 0 saturated carbocycles. The summed E-state index contributed by atoms with van der Waals surface area (Å²) >= 11 is 0. The number of nitrogen functional groups attached to an aromatic ring is 1. The van der Waals surface area contributed by atoms with Crippen LogP contribution in [0.3, 0.4) is 0 Å². The predicted octanol–water partition coefficient (Wildman–Crippen LogP) is 0.250. The number of likely N-dealkylation sites (N-methyl/N-ethyl adjacent to an activating group) is 1. The highest BCUT2D eigenvalue weighted by atomic mass is 16.6. The average molecular weight is 591 g/mol. The third-order valence-electron chi connectivity index (χ3n) is 7.74. The maximum atomic E-state index is 12.4. The number of fused-ring (bicyclic) bond motifs is 1. The fraction of sp³-hybridized carbons (Fsp3) is 0.704. The highest BCUT2D eigenvalue weighted by molar-refractivity contribution is 5.85. The number of rotatable bonds is 8. The number of aliphatic hydroxyl groups excluding tert-OH is 2. The largest absolute Gasteiger partial charge is 0.436 e. The van der Waals surface area contributed by atoms with Gasteiger partial charge in [-0.2, -0.15) is 0 Å². The molecule has 0 radical (unpaired) electrons. The van der Waals surface area contributed by atoms with Crippen LogP contribution in [0.1, 0.15) is 64.9 Å². The number of nitrogens with two attached hydrogens (primary N) is 1. The van der Waals surface area contributed by atoms with E-state index in [4.69, 9.17) is 15.2 Å². The number of aromatic nitrogens is 4. The van der Waals surface area contributed by atoms with Crippen molar-refractivity contribution in [1.29, 1.82) is 0 Å². The summed E-state index contributed by atoms with van der Waals surface area (Å²) in [6.07, 6.45) is -0.353. The van der Waals surface area contributed by atoms with Gasteiger partial charge in [-0.1, -0.05) is 13.8 Å². The second-order valence-electron chi connectivity index (χ2n) is 10.4. The minimum Gasteiger partial charge on any atom is -0.436 e. The van der Waals surface area contributed by atoms with Gasteiger partial charge in [-0.15, -0.1) is 0 Å². The Morgan fingerprint density at radius 3 is 2.60 bits per heavy atom. The zero-order chi connectivity index (χ0) is 30.4. The van der Waals surface area contributed by atoms with E-state index in [9.17, 15) is 24.6 Å². The molecule has 2 aromatic heterocycles. The number of aliphatic hydroxyl groups is 2. The quantitative estimate of drug-likeness (QED) is 0.281. The lowest BCUT2D eigenvalue weighted by molar-refractivity contribution is -0.137. The molecule has 3 saturated heterocycles. The van der Waals surface area contributed by atoms with Crippen molar-refractivity contribution >= 4 is 34.9 Å². The van der Waals surface area contributed by atoms with Crippen molar-refractivity contribution in [2.24, 2.45) is 5.92 Å². The standard InChI is InChI=1S/C25H36N8O7.C2H6/c1-2-27-23(37)19-17(34)18(35)24(40-19)33-12-29-16-20(26)30-15(31-21(16)33)5-3-4-13-7-10-32(11-8-13)25(38)39-14-6-9-28-22(14)36;1-2/h12-14,17-19,24,34-35H,2-11H2,1H3,(H,27,37)(H,28,36)(H2,26,30,31);1-2H3/t14?,17-,18?,19+,24-;/m1./s1. The van der Waals surface area contributed by atoms with Gasteiger partial charge >= 0.3 is 6.09 Å². The van der Waals surface area contributed by atoms with Crippen LogP contribution in [0, 0.1) is 5.92 Å². The molecule has 3 aliphatic heterocycles. The molecule has 3 fully saturated rings. The van der Waals surface area contributed by atoms with Gasteiger partial charge in [0.15, 0.2) is 29.9 Å². The molecule has 0 bridgehead atoms. The summed E-state index contributed by atoms with van der Waals surface area (Å²) in [6, 6.07) is 0. The minimum atomic E-state index is -1.41. The highest BCUT2D eigenvalue weighted by Crippen LogP contribution is 2.32. The van der Waals surface area contributed by atoms with E-state index in [2.05, 4.69) is 25.6 Å². The van der Waals surface area contributed by atoms with Gasteiger partial charge in [0.05, 0.1) is 6.33 Å². The van der Waals surface area contributed by atoms with Crippen LogP contribution in [0.15, 0.2) is 6.33 Å². The number of nitrogens with zero attached hydrogens (tertiary/aromatic N) is 5. The molecule has 5 rings (SSSR count). The number of amides is 3. The van der Waals surface area contributed by atoms with E-state index in [-0.39, 0.29) is 11.7 Å². The first-order valence-corrected chi connectivity index (χ1v) is 14.8. The SMILES string of the molecule is CC.CCNC(=O)[C@H]1O[C@@H](n2cnc3c(N)nc(CCCC4CCN(C(=O)OC5CCNC5=O)CC4)nc32)C(O)[C@H]1O. The average Bonchev–Trinajstić information content (AvgIpc) is 3.68. The van der Waals surface area contributed by atoms with Gasteiger partial charge in [0.25, 0.3) is 11.8 Å². The first-order chi connectivity index (χ1) is 20.3. The first-order valence-electron chi connectivity index (χ1n) is 14.8. The Bertz CT molecular complexity index is 1250. The van der Waals surface area contributed by atoms with E-state index >= 15 is 0 Å². The van der Waals surface area contributed by atoms with Crippen LogP contribution < -0.4 is 16.4 Å². The summed E-state index contributed by atoms with van der Waals surface area (Å²) in [5, 5.41) is 26.3. The van der Waals surface area contributed by atoms with Gasteiger partial charge < -0.3 is 41.0 Å². The molecular weight excluding hydrogens is 548 g/mol. The minimum absolute atomic E-state index is 0.190. The summed E-state index contributed by atoms with van der Waals surface area (Å²) in [5.74, 6) is 0.381. The van der Waals surface area contributed by atoms with E-state index < -0.39 is 42.6 Å². The normalized spacial score (nSPS) is 26.1. The maximum Gasteiger partial charge on any atom is 0.410 e. The summed E-state index contributed by atoms with van der Waals surface area (Å²) in [7, 11) is 0. The van der Waals surface area contributed by atoms with Crippen molar-refractivity contribution in [3.8, 4) is 0 Å². The lowest BCUT2D eigenvalue weighted by Gasteiger charge is -2.31. The van der Waals surface area contributed by atoms with Crippen molar-refractivity contribution in [1.82, 2.24) is 35.1 Å². The molecule has 3 aliphatic rings. The Hall–Kier alpha value is -3.56. The Balaban J connectivity index is 0.00000198. The topological polar surface area (TPSA) is 207 Å². The number of carbonyl (C=O) groups excluding carboxylic acids is 3. The second-order valence-corrected chi connectivity index (χ2v) is 10.4. The maximum absolute atomic E-state index is 12.4. The third-order valence-corrected chi connectivity index (χ3v) is 7.74.